The first kappa shape index (κ1) is 22.4. The first-order valence-electron chi connectivity index (χ1n) is 10.7. The number of aryl methyl sites for hydroxylation is 3. The maximum absolute atomic E-state index is 5.94. The predicted molar refractivity (Wildman–Crippen MR) is 118 cm³/mol. The van der Waals surface area contributed by atoms with Crippen LogP contribution in [0.5, 0.6) is 5.75 Å². The number of ether oxygens (including phenoxy) is 2. The molecule has 154 valence electrons. The number of hydrogen-bond donors (Lipinski definition) is 1. The van der Waals surface area contributed by atoms with E-state index in [1.165, 1.54) is 42.4 Å². The second-order valence-corrected chi connectivity index (χ2v) is 7.55. The lowest BCUT2D eigenvalue weighted by atomic mass is 10.0. The molecule has 0 amide bonds. The Kier molecular flexibility index (Phi) is 10.7. The molecule has 2 aromatic rings. The van der Waals surface area contributed by atoms with Gasteiger partial charge in [-0.15, -0.1) is 0 Å². The number of methoxy groups -OCH3 is 1. The zero-order valence-electron chi connectivity index (χ0n) is 17.9. The second-order valence-electron chi connectivity index (χ2n) is 7.55. The van der Waals surface area contributed by atoms with Crippen LogP contribution in [0, 0.1) is 13.8 Å². The van der Waals surface area contributed by atoms with Crippen molar-refractivity contribution in [3.8, 4) is 5.75 Å². The molecule has 0 heterocycles. The lowest BCUT2D eigenvalue weighted by Crippen LogP contribution is -2.26. The Morgan fingerprint density at radius 1 is 0.821 bits per heavy atom. The van der Waals surface area contributed by atoms with Gasteiger partial charge in [0.05, 0.1) is 6.10 Å². The Morgan fingerprint density at radius 2 is 1.57 bits per heavy atom. The van der Waals surface area contributed by atoms with Crippen LogP contribution in [0.25, 0.3) is 0 Å². The molecule has 0 bridgehead atoms. The summed E-state index contributed by atoms with van der Waals surface area (Å²) in [4.78, 5) is 0. The van der Waals surface area contributed by atoms with Crippen molar-refractivity contribution in [2.45, 2.75) is 58.5 Å². The molecule has 0 aliphatic heterocycles. The first-order valence-corrected chi connectivity index (χ1v) is 10.7. The van der Waals surface area contributed by atoms with Gasteiger partial charge in [-0.2, -0.15) is 0 Å². The van der Waals surface area contributed by atoms with Gasteiger partial charge in [-0.3, -0.25) is 0 Å². The standard InChI is InChI=1S/C25H37NO2/c1-21-11-10-12-22(2)25(21)28-20-19-26-18-17-24(27-3)16-9-5-8-15-23-13-6-4-7-14-23/h4,6-7,10-14,24,26H,5,8-9,15-20H2,1-3H3. The maximum Gasteiger partial charge on any atom is 0.125 e. The first-order chi connectivity index (χ1) is 13.7. The quantitative estimate of drug-likeness (QED) is 0.438. The Labute approximate surface area is 171 Å². The number of nitrogens with one attached hydrogen (secondary N) is 1. The summed E-state index contributed by atoms with van der Waals surface area (Å²) in [6, 6.07) is 17.0. The van der Waals surface area contributed by atoms with E-state index in [0.29, 0.717) is 12.7 Å². The van der Waals surface area contributed by atoms with Crippen LogP contribution in [0.1, 0.15) is 48.8 Å². The summed E-state index contributed by atoms with van der Waals surface area (Å²) in [6.45, 7) is 6.72. The normalized spacial score (nSPS) is 12.1. The lowest BCUT2D eigenvalue weighted by molar-refractivity contribution is 0.0854. The Morgan fingerprint density at radius 3 is 2.29 bits per heavy atom. The molecule has 3 heteroatoms. The van der Waals surface area contributed by atoms with Crippen molar-refractivity contribution in [2.24, 2.45) is 0 Å². The molecule has 2 aromatic carbocycles. The molecule has 2 rings (SSSR count). The van der Waals surface area contributed by atoms with Gasteiger partial charge >= 0.3 is 0 Å². The molecule has 0 fully saturated rings. The SMILES string of the molecule is COC(CCCCCc1ccccc1)CCNCCOc1c(C)cccc1C. The molecule has 0 spiro atoms. The fraction of sp³-hybridized carbons (Fsp3) is 0.520. The van der Waals surface area contributed by atoms with Crippen LogP contribution in [0.15, 0.2) is 48.5 Å². The molecule has 1 unspecified atom stereocenters. The van der Waals surface area contributed by atoms with E-state index in [0.717, 1.165) is 31.7 Å². The highest BCUT2D eigenvalue weighted by molar-refractivity contribution is 5.39. The third-order valence-electron chi connectivity index (χ3n) is 5.24. The van der Waals surface area contributed by atoms with E-state index in [4.69, 9.17) is 9.47 Å². The number of para-hydroxylation sites is 1. The van der Waals surface area contributed by atoms with Crippen molar-refractivity contribution in [1.82, 2.24) is 5.32 Å². The highest BCUT2D eigenvalue weighted by Gasteiger charge is 2.07. The number of hydrogen-bond acceptors (Lipinski definition) is 3. The largest absolute Gasteiger partial charge is 0.492 e. The van der Waals surface area contributed by atoms with Gasteiger partial charge in [0.25, 0.3) is 0 Å². The number of unbranched alkanes of at least 4 members (excludes halogenated alkanes) is 2. The molecule has 0 aromatic heterocycles. The molecule has 0 saturated heterocycles. The summed E-state index contributed by atoms with van der Waals surface area (Å²) in [7, 11) is 1.83. The van der Waals surface area contributed by atoms with Crippen LogP contribution in [0.4, 0.5) is 0 Å². The van der Waals surface area contributed by atoms with Gasteiger partial charge in [-0.25, -0.2) is 0 Å². The average molecular weight is 384 g/mol. The van der Waals surface area contributed by atoms with Gasteiger partial charge in [0.1, 0.15) is 12.4 Å². The van der Waals surface area contributed by atoms with Gasteiger partial charge in [0, 0.05) is 13.7 Å². The average Bonchev–Trinajstić information content (AvgIpc) is 2.71. The summed E-state index contributed by atoms with van der Waals surface area (Å²) >= 11 is 0. The Balaban J connectivity index is 1.50. The monoisotopic (exact) mass is 383 g/mol. The molecule has 3 nitrogen and oxygen atoms in total. The molecule has 0 aliphatic carbocycles. The highest BCUT2D eigenvalue weighted by atomic mass is 16.5. The fourth-order valence-electron chi connectivity index (χ4n) is 3.54. The van der Waals surface area contributed by atoms with Crippen LogP contribution in [-0.4, -0.2) is 32.9 Å². The van der Waals surface area contributed by atoms with E-state index in [1.807, 2.05) is 7.11 Å². The molecule has 28 heavy (non-hydrogen) atoms. The highest BCUT2D eigenvalue weighted by Crippen LogP contribution is 2.21. The molecule has 1 atom stereocenters. The van der Waals surface area contributed by atoms with Crippen molar-refractivity contribution in [2.75, 3.05) is 26.8 Å². The van der Waals surface area contributed by atoms with Crippen LogP contribution >= 0.6 is 0 Å². The summed E-state index contributed by atoms with van der Waals surface area (Å²) in [5.41, 5.74) is 3.84. The van der Waals surface area contributed by atoms with Crippen molar-refractivity contribution >= 4 is 0 Å². The van der Waals surface area contributed by atoms with Crippen molar-refractivity contribution in [1.29, 1.82) is 0 Å². The van der Waals surface area contributed by atoms with Gasteiger partial charge in [0.15, 0.2) is 0 Å². The maximum atomic E-state index is 5.94. The topological polar surface area (TPSA) is 30.5 Å². The fourth-order valence-corrected chi connectivity index (χ4v) is 3.54. The van der Waals surface area contributed by atoms with Gasteiger partial charge in [-0.1, -0.05) is 61.4 Å². The summed E-state index contributed by atoms with van der Waals surface area (Å²) in [5, 5.41) is 3.48. The van der Waals surface area contributed by atoms with Crippen molar-refractivity contribution < 1.29 is 9.47 Å². The van der Waals surface area contributed by atoms with Crippen LogP contribution in [0.2, 0.25) is 0 Å². The molecule has 1 N–H and O–H groups in total. The van der Waals surface area contributed by atoms with E-state index in [-0.39, 0.29) is 0 Å². The molecule has 0 saturated carbocycles. The second kappa shape index (κ2) is 13.4. The third kappa shape index (κ3) is 8.45. The molecule has 0 radical (unpaired) electrons. The molecule has 0 aliphatic rings. The Hall–Kier alpha value is -1.84. The van der Waals surface area contributed by atoms with E-state index in [2.05, 4.69) is 67.7 Å². The Bertz CT molecular complexity index is 637. The third-order valence-corrected chi connectivity index (χ3v) is 5.24. The number of rotatable bonds is 14. The van der Waals surface area contributed by atoms with Crippen molar-refractivity contribution in [3.63, 3.8) is 0 Å². The van der Waals surface area contributed by atoms with Crippen LogP contribution < -0.4 is 10.1 Å². The molecular weight excluding hydrogens is 346 g/mol. The summed E-state index contributed by atoms with van der Waals surface area (Å²) in [5.74, 6) is 1.02. The zero-order chi connectivity index (χ0) is 20.0. The minimum atomic E-state index is 0.351. The van der Waals surface area contributed by atoms with E-state index < -0.39 is 0 Å². The van der Waals surface area contributed by atoms with E-state index >= 15 is 0 Å². The van der Waals surface area contributed by atoms with Crippen molar-refractivity contribution in [3.05, 3.63) is 65.2 Å². The summed E-state index contributed by atoms with van der Waals surface area (Å²) < 4.78 is 11.6. The van der Waals surface area contributed by atoms with Crippen LogP contribution in [0.3, 0.4) is 0 Å². The molecular formula is C25H37NO2. The zero-order valence-corrected chi connectivity index (χ0v) is 17.9. The predicted octanol–water partition coefficient (Wildman–Crippen LogP) is 5.48. The van der Waals surface area contributed by atoms with Crippen LogP contribution in [-0.2, 0) is 11.2 Å². The van der Waals surface area contributed by atoms with Gasteiger partial charge in [-0.05, 0) is 62.8 Å². The van der Waals surface area contributed by atoms with E-state index in [1.54, 1.807) is 0 Å². The number of benzene rings is 2. The van der Waals surface area contributed by atoms with E-state index in [9.17, 15) is 0 Å². The lowest BCUT2D eigenvalue weighted by Gasteiger charge is -2.16. The summed E-state index contributed by atoms with van der Waals surface area (Å²) in [6.07, 6.45) is 7.50. The minimum Gasteiger partial charge on any atom is -0.492 e. The van der Waals surface area contributed by atoms with Gasteiger partial charge < -0.3 is 14.8 Å². The van der Waals surface area contributed by atoms with Gasteiger partial charge in [0.2, 0.25) is 0 Å². The smallest absolute Gasteiger partial charge is 0.125 e. The minimum absolute atomic E-state index is 0.351.